The Morgan fingerprint density at radius 3 is 2.83 bits per heavy atom. The van der Waals surface area contributed by atoms with Crippen molar-refractivity contribution in [1.82, 2.24) is 9.88 Å². The normalized spacial score (nSPS) is 18.0. The van der Waals surface area contributed by atoms with Gasteiger partial charge < -0.3 is 0 Å². The van der Waals surface area contributed by atoms with Crippen LogP contribution in [-0.4, -0.2) is 16.4 Å². The van der Waals surface area contributed by atoms with E-state index in [0.717, 1.165) is 25.9 Å². The second kappa shape index (κ2) is 6.56. The molecule has 1 unspecified atom stereocenters. The fourth-order valence-corrected chi connectivity index (χ4v) is 5.00. The molecule has 4 heteroatoms. The van der Waals surface area contributed by atoms with E-state index in [1.54, 1.807) is 16.2 Å². The molecule has 1 aliphatic rings. The topological polar surface area (TPSA) is 16.1 Å². The molecule has 1 aromatic carbocycles. The van der Waals surface area contributed by atoms with Crippen LogP contribution in [0, 0.1) is 0 Å². The van der Waals surface area contributed by atoms with E-state index in [-0.39, 0.29) is 0 Å². The van der Waals surface area contributed by atoms with E-state index in [1.165, 1.54) is 21.8 Å². The van der Waals surface area contributed by atoms with Crippen LogP contribution in [0.25, 0.3) is 0 Å². The molecule has 0 aliphatic carbocycles. The van der Waals surface area contributed by atoms with Gasteiger partial charge in [0.2, 0.25) is 0 Å². The highest BCUT2D eigenvalue weighted by atomic mass is 32.1. The Bertz CT molecular complexity index is 776. The highest BCUT2D eigenvalue weighted by Crippen LogP contribution is 2.38. The summed E-state index contributed by atoms with van der Waals surface area (Å²) in [5.41, 5.74) is 4.09. The fourth-order valence-electron chi connectivity index (χ4n) is 3.36. The minimum Gasteiger partial charge on any atom is -0.286 e. The van der Waals surface area contributed by atoms with Crippen LogP contribution in [0.4, 0.5) is 0 Å². The fraction of sp³-hybridized carbons (Fsp3) is 0.316. The Morgan fingerprint density at radius 2 is 2.04 bits per heavy atom. The Balaban J connectivity index is 1.67. The van der Waals surface area contributed by atoms with Gasteiger partial charge in [-0.05, 0) is 35.4 Å². The van der Waals surface area contributed by atoms with Gasteiger partial charge in [0, 0.05) is 23.3 Å². The minimum atomic E-state index is 0.359. The van der Waals surface area contributed by atoms with Crippen LogP contribution in [-0.2, 0) is 19.4 Å². The molecular formula is C19H20N2S2. The van der Waals surface area contributed by atoms with Gasteiger partial charge in [-0.3, -0.25) is 4.90 Å². The first-order valence-electron chi connectivity index (χ1n) is 8.13. The molecular weight excluding hydrogens is 320 g/mol. The smallest absolute Gasteiger partial charge is 0.0926 e. The summed E-state index contributed by atoms with van der Waals surface area (Å²) in [6.07, 6.45) is 2.18. The van der Waals surface area contributed by atoms with Gasteiger partial charge in [-0.15, -0.1) is 22.7 Å². The van der Waals surface area contributed by atoms with Crippen LogP contribution in [0.15, 0.2) is 47.2 Å². The molecule has 0 bridgehead atoms. The average molecular weight is 341 g/mol. The molecule has 3 heterocycles. The number of benzene rings is 1. The van der Waals surface area contributed by atoms with E-state index in [0.29, 0.717) is 6.04 Å². The number of aromatic nitrogens is 1. The maximum Gasteiger partial charge on any atom is 0.0926 e. The highest BCUT2D eigenvalue weighted by molar-refractivity contribution is 7.10. The van der Waals surface area contributed by atoms with Crippen molar-refractivity contribution < 1.29 is 0 Å². The summed E-state index contributed by atoms with van der Waals surface area (Å²) in [7, 11) is 0. The van der Waals surface area contributed by atoms with Crippen molar-refractivity contribution in [1.29, 1.82) is 0 Å². The molecule has 0 N–H and O–H groups in total. The number of thiazole rings is 1. The predicted octanol–water partition coefficient (Wildman–Crippen LogP) is 4.91. The van der Waals surface area contributed by atoms with Gasteiger partial charge in [-0.2, -0.15) is 0 Å². The maximum atomic E-state index is 4.77. The molecule has 0 spiro atoms. The number of fused-ring (bicyclic) bond motifs is 1. The SMILES string of the molecule is CCc1nc(CN2CCc3sccc3C2c2ccccc2)cs1. The molecule has 3 aromatic rings. The van der Waals surface area contributed by atoms with Crippen LogP contribution >= 0.6 is 22.7 Å². The van der Waals surface area contributed by atoms with Crippen molar-refractivity contribution in [2.45, 2.75) is 32.4 Å². The third-order valence-electron chi connectivity index (χ3n) is 4.45. The average Bonchev–Trinajstić information content (AvgIpc) is 3.24. The Morgan fingerprint density at radius 1 is 1.17 bits per heavy atom. The second-order valence-corrected chi connectivity index (χ2v) is 7.86. The summed E-state index contributed by atoms with van der Waals surface area (Å²) in [5, 5.41) is 5.70. The maximum absolute atomic E-state index is 4.77. The predicted molar refractivity (Wildman–Crippen MR) is 98.2 cm³/mol. The van der Waals surface area contributed by atoms with Crippen LogP contribution in [0.2, 0.25) is 0 Å². The monoisotopic (exact) mass is 340 g/mol. The van der Waals surface area contributed by atoms with E-state index in [1.807, 2.05) is 11.3 Å². The van der Waals surface area contributed by atoms with E-state index in [9.17, 15) is 0 Å². The number of hydrogen-bond acceptors (Lipinski definition) is 4. The van der Waals surface area contributed by atoms with Gasteiger partial charge in [0.25, 0.3) is 0 Å². The summed E-state index contributed by atoms with van der Waals surface area (Å²) in [6, 6.07) is 13.6. The Hall–Kier alpha value is -1.49. The lowest BCUT2D eigenvalue weighted by Gasteiger charge is -2.35. The van der Waals surface area contributed by atoms with Crippen LogP contribution in [0.5, 0.6) is 0 Å². The quantitative estimate of drug-likeness (QED) is 0.670. The molecule has 0 fully saturated rings. The standard InChI is InChI=1S/C19H20N2S2/c1-2-18-20-15(13-23-18)12-21-10-8-17-16(9-11-22-17)19(21)14-6-4-3-5-7-14/h3-7,9,11,13,19H,2,8,10,12H2,1H3. The van der Waals surface area contributed by atoms with Gasteiger partial charge in [-0.1, -0.05) is 37.3 Å². The summed E-state index contributed by atoms with van der Waals surface area (Å²) >= 11 is 3.69. The van der Waals surface area contributed by atoms with Crippen LogP contribution in [0.1, 0.15) is 39.7 Å². The third kappa shape index (κ3) is 2.99. The summed E-state index contributed by atoms with van der Waals surface area (Å²) in [6.45, 7) is 4.21. The van der Waals surface area contributed by atoms with E-state index in [2.05, 4.69) is 59.0 Å². The van der Waals surface area contributed by atoms with Gasteiger partial charge >= 0.3 is 0 Å². The van der Waals surface area contributed by atoms with Crippen molar-refractivity contribution in [2.24, 2.45) is 0 Å². The highest BCUT2D eigenvalue weighted by Gasteiger charge is 2.29. The molecule has 1 atom stereocenters. The molecule has 0 radical (unpaired) electrons. The van der Waals surface area contributed by atoms with E-state index in [4.69, 9.17) is 4.98 Å². The molecule has 4 rings (SSSR count). The zero-order valence-electron chi connectivity index (χ0n) is 13.2. The van der Waals surface area contributed by atoms with E-state index >= 15 is 0 Å². The molecule has 2 aromatic heterocycles. The zero-order valence-corrected chi connectivity index (χ0v) is 14.9. The molecule has 1 aliphatic heterocycles. The zero-order chi connectivity index (χ0) is 15.6. The Kier molecular flexibility index (Phi) is 4.29. The number of hydrogen-bond donors (Lipinski definition) is 0. The van der Waals surface area contributed by atoms with Crippen molar-refractivity contribution >= 4 is 22.7 Å². The minimum absolute atomic E-state index is 0.359. The van der Waals surface area contributed by atoms with Gasteiger partial charge in [0.05, 0.1) is 16.7 Å². The second-order valence-electron chi connectivity index (χ2n) is 5.92. The molecule has 23 heavy (non-hydrogen) atoms. The van der Waals surface area contributed by atoms with Crippen molar-refractivity contribution in [2.75, 3.05) is 6.54 Å². The lowest BCUT2D eigenvalue weighted by Crippen LogP contribution is -2.35. The molecule has 118 valence electrons. The first kappa shape index (κ1) is 15.1. The molecule has 2 nitrogen and oxygen atoms in total. The van der Waals surface area contributed by atoms with Crippen molar-refractivity contribution in [3.8, 4) is 0 Å². The van der Waals surface area contributed by atoms with Gasteiger partial charge in [0.1, 0.15) is 0 Å². The van der Waals surface area contributed by atoms with Crippen molar-refractivity contribution in [3.63, 3.8) is 0 Å². The summed E-state index contributed by atoms with van der Waals surface area (Å²) < 4.78 is 0. The summed E-state index contributed by atoms with van der Waals surface area (Å²) in [5.74, 6) is 0. The number of thiophene rings is 1. The molecule has 0 saturated carbocycles. The molecule has 0 saturated heterocycles. The number of aryl methyl sites for hydroxylation is 1. The lowest BCUT2D eigenvalue weighted by atomic mass is 9.93. The third-order valence-corrected chi connectivity index (χ3v) is 6.49. The summed E-state index contributed by atoms with van der Waals surface area (Å²) in [4.78, 5) is 8.90. The van der Waals surface area contributed by atoms with E-state index < -0.39 is 0 Å². The Labute approximate surface area is 145 Å². The van der Waals surface area contributed by atoms with Gasteiger partial charge in [0.15, 0.2) is 0 Å². The van der Waals surface area contributed by atoms with Crippen molar-refractivity contribution in [3.05, 3.63) is 73.9 Å². The van der Waals surface area contributed by atoms with Crippen LogP contribution < -0.4 is 0 Å². The van der Waals surface area contributed by atoms with Gasteiger partial charge in [-0.25, -0.2) is 4.98 Å². The number of rotatable bonds is 4. The lowest BCUT2D eigenvalue weighted by molar-refractivity contribution is 0.204. The largest absolute Gasteiger partial charge is 0.286 e. The first-order chi connectivity index (χ1) is 11.3. The van der Waals surface area contributed by atoms with Crippen LogP contribution in [0.3, 0.4) is 0 Å². The molecule has 0 amide bonds. The first-order valence-corrected chi connectivity index (χ1v) is 9.89. The number of nitrogens with zero attached hydrogens (tertiary/aromatic N) is 2.